The summed E-state index contributed by atoms with van der Waals surface area (Å²) in [7, 11) is 0. The second kappa shape index (κ2) is 31.9. The molecule has 0 saturated carbocycles. The summed E-state index contributed by atoms with van der Waals surface area (Å²) in [4.78, 5) is 162. The lowest BCUT2D eigenvalue weighted by Crippen LogP contribution is -2.61. The van der Waals surface area contributed by atoms with Gasteiger partial charge in [0.1, 0.15) is 60.1 Å². The maximum Gasteiger partial charge on any atom is 0.246 e. The second-order valence-corrected chi connectivity index (χ2v) is 23.0. The van der Waals surface area contributed by atoms with Crippen molar-refractivity contribution in [3.8, 4) is 5.75 Å². The summed E-state index contributed by atoms with van der Waals surface area (Å²) in [5, 5.41) is 42.9. The predicted molar refractivity (Wildman–Crippen MR) is 325 cm³/mol. The van der Waals surface area contributed by atoms with Gasteiger partial charge >= 0.3 is 0 Å². The summed E-state index contributed by atoms with van der Waals surface area (Å²) < 4.78 is 0. The number of rotatable bonds is 30. The maximum absolute atomic E-state index is 15.0. The molecule has 478 valence electrons. The summed E-state index contributed by atoms with van der Waals surface area (Å²) in [6, 6.07) is 10.4. The summed E-state index contributed by atoms with van der Waals surface area (Å²) in [5.41, 5.74) is 18.8. The minimum absolute atomic E-state index is 0.00330. The van der Waals surface area contributed by atoms with Crippen LogP contribution in [0.2, 0.25) is 0 Å². The Balaban J connectivity index is 1.11. The van der Waals surface area contributed by atoms with Crippen LogP contribution in [0.4, 0.5) is 0 Å². The van der Waals surface area contributed by atoms with Gasteiger partial charge in [0.05, 0.1) is 13.2 Å². The number of aliphatic hydroxyl groups is 1. The minimum atomic E-state index is -1.70. The third-order valence-corrected chi connectivity index (χ3v) is 15.8. The number of aromatic amines is 1. The molecule has 1 aromatic heterocycles. The molecule has 3 aliphatic heterocycles. The smallest absolute Gasteiger partial charge is 0.246 e. The number of fused-ring (bicyclic) bond motifs is 1. The van der Waals surface area contributed by atoms with Gasteiger partial charge in [-0.2, -0.15) is 0 Å². The van der Waals surface area contributed by atoms with Gasteiger partial charge in [-0.25, -0.2) is 0 Å². The van der Waals surface area contributed by atoms with E-state index in [1.54, 1.807) is 54.7 Å². The van der Waals surface area contributed by atoms with Crippen molar-refractivity contribution in [3.63, 3.8) is 0 Å². The fourth-order valence-corrected chi connectivity index (χ4v) is 11.3. The molecule has 0 radical (unpaired) electrons. The van der Waals surface area contributed by atoms with Crippen molar-refractivity contribution in [2.45, 2.75) is 145 Å². The minimum Gasteiger partial charge on any atom is -0.508 e. The molecule has 17 N–H and O–H groups in total. The lowest BCUT2D eigenvalue weighted by Gasteiger charge is -2.31. The number of nitrogens with two attached hydrogens (primary N) is 3. The van der Waals surface area contributed by atoms with E-state index >= 15 is 0 Å². The molecule has 9 atom stereocenters. The van der Waals surface area contributed by atoms with Crippen LogP contribution in [0.1, 0.15) is 88.3 Å². The quantitative estimate of drug-likeness (QED) is 0.0149. The number of phenols is 1. The standard InChI is InChI=1S/C61H81N15O13/c1-34(2)27-43(53(82)69-42(15-8-24-65-61(63)64)59(88)75-25-9-16-48(75)57(86)67-32-50(62)79)70-55(84)45(30-37-31-66-40-14-7-6-13-39(37)40)72-54(83)44(28-36-18-20-38(78)21-19-36)71-56(85)47(33-77)74-58(87)49-17-10-26-76(49)60(89)46(29-35-11-4-3-5-12-35)73-52(81)41-22-23-51(80)68-41/h3-7,11-14,18-21,31,34,41-49,66,77-78H,8-10,15-17,22-30,32-33H2,1-2H3,(H2,62,79)(H,67,86)(H,68,80)(H,69,82)(H,70,84)(H,71,85)(H,72,83)(H,73,81)(H,74,87)(H4,63,64,65)/t41-,42-,43-,44-,45+,46+,47-,48-,49-/m0/s1. The molecular weight excluding hydrogens is 1150 g/mol. The highest BCUT2D eigenvalue weighted by Crippen LogP contribution is 2.24. The van der Waals surface area contributed by atoms with Crippen LogP contribution in [-0.2, 0) is 72.0 Å². The molecule has 7 rings (SSSR count). The van der Waals surface area contributed by atoms with E-state index in [1.807, 2.05) is 19.9 Å². The molecular formula is C61H81N15O13. The zero-order valence-electron chi connectivity index (χ0n) is 49.8. The Kier molecular flexibility index (Phi) is 24.0. The number of amides is 11. The fourth-order valence-electron chi connectivity index (χ4n) is 11.3. The van der Waals surface area contributed by atoms with Gasteiger partial charge in [-0.05, 0) is 92.2 Å². The number of carbonyl (C=O) groups is 11. The molecule has 3 aromatic carbocycles. The van der Waals surface area contributed by atoms with E-state index in [0.29, 0.717) is 40.4 Å². The van der Waals surface area contributed by atoms with Crippen LogP contribution >= 0.6 is 0 Å². The highest BCUT2D eigenvalue weighted by atomic mass is 16.3. The van der Waals surface area contributed by atoms with E-state index in [2.05, 4.69) is 52.5 Å². The third-order valence-electron chi connectivity index (χ3n) is 15.8. The van der Waals surface area contributed by atoms with Gasteiger partial charge in [0.15, 0.2) is 5.96 Å². The van der Waals surface area contributed by atoms with Crippen LogP contribution in [0.15, 0.2) is 90.1 Å². The number of carbonyl (C=O) groups excluding carboxylic acids is 11. The van der Waals surface area contributed by atoms with Gasteiger partial charge in [0.25, 0.3) is 0 Å². The summed E-state index contributed by atoms with van der Waals surface area (Å²) in [5.74, 6) is -8.33. The van der Waals surface area contributed by atoms with Crippen LogP contribution in [-0.4, -0.2) is 183 Å². The first-order valence-corrected chi connectivity index (χ1v) is 29.9. The number of hydrogen-bond donors (Lipinski definition) is 14. The zero-order chi connectivity index (χ0) is 64.3. The number of primary amides is 1. The number of guanidine groups is 1. The third kappa shape index (κ3) is 18.9. The van der Waals surface area contributed by atoms with Crippen LogP contribution in [0, 0.1) is 5.92 Å². The lowest BCUT2D eigenvalue weighted by molar-refractivity contribution is -0.142. The monoisotopic (exact) mass is 1230 g/mol. The molecule has 4 heterocycles. The maximum atomic E-state index is 15.0. The van der Waals surface area contributed by atoms with Crippen molar-refractivity contribution in [3.05, 3.63) is 102 Å². The van der Waals surface area contributed by atoms with Crippen molar-refractivity contribution < 1.29 is 63.0 Å². The molecule has 0 unspecified atom stereocenters. The van der Waals surface area contributed by atoms with Gasteiger partial charge in [-0.15, -0.1) is 0 Å². The number of nitrogens with one attached hydrogen (secondary N) is 9. The average Bonchev–Trinajstić information content (AvgIpc) is 2.18. The van der Waals surface area contributed by atoms with Crippen LogP contribution in [0.25, 0.3) is 10.9 Å². The number of phenolic OH excluding ortho intramolecular Hbond substituents is 1. The summed E-state index contributed by atoms with van der Waals surface area (Å²) >= 11 is 0. The van der Waals surface area contributed by atoms with E-state index in [4.69, 9.17) is 17.2 Å². The van der Waals surface area contributed by atoms with E-state index in [-0.39, 0.29) is 107 Å². The van der Waals surface area contributed by atoms with E-state index < -0.39 is 127 Å². The van der Waals surface area contributed by atoms with Crippen molar-refractivity contribution in [2.75, 3.05) is 32.8 Å². The average molecular weight is 1230 g/mol. The molecule has 0 aliphatic carbocycles. The first-order chi connectivity index (χ1) is 42.6. The molecule has 3 fully saturated rings. The molecule has 28 nitrogen and oxygen atoms in total. The van der Waals surface area contributed by atoms with Crippen molar-refractivity contribution in [1.29, 1.82) is 0 Å². The number of hydrogen-bond acceptors (Lipinski definition) is 14. The van der Waals surface area contributed by atoms with E-state index in [1.165, 1.54) is 34.1 Å². The Morgan fingerprint density at radius 2 is 1.18 bits per heavy atom. The van der Waals surface area contributed by atoms with Crippen molar-refractivity contribution in [2.24, 2.45) is 28.1 Å². The lowest BCUT2D eigenvalue weighted by atomic mass is 9.99. The molecule has 3 aliphatic rings. The number of benzene rings is 3. The molecule has 3 saturated heterocycles. The van der Waals surface area contributed by atoms with E-state index in [0.717, 1.165) is 0 Å². The van der Waals surface area contributed by atoms with Crippen LogP contribution in [0.3, 0.4) is 0 Å². The fraction of sp³-hybridized carbons (Fsp3) is 0.475. The Hall–Kier alpha value is -9.60. The molecule has 11 amide bonds. The summed E-state index contributed by atoms with van der Waals surface area (Å²) in [6.07, 6.45) is 3.17. The molecule has 4 aromatic rings. The normalized spacial score (nSPS) is 18.3. The zero-order valence-corrected chi connectivity index (χ0v) is 49.8. The molecule has 89 heavy (non-hydrogen) atoms. The number of aromatic hydroxyl groups is 1. The van der Waals surface area contributed by atoms with Gasteiger partial charge < -0.3 is 84.7 Å². The van der Waals surface area contributed by atoms with Crippen LogP contribution in [0.5, 0.6) is 5.75 Å². The SMILES string of the molecule is CC(C)C[C@H](NC(=O)[C@@H](Cc1c[nH]c2ccccc12)NC(=O)[C@H](Cc1ccc(O)cc1)NC(=O)[C@H](CO)NC(=O)[C@@H]1CCCN1C(=O)[C@@H](Cc1ccccc1)NC(=O)[C@@H]1CCC(=O)N1)C(=O)N[C@@H](CCCN=C(N)N)C(=O)N1CCC[C@H]1C(=O)NCC(N)=O. The Bertz CT molecular complexity index is 3230. The number of likely N-dealkylation sites (tertiary alicyclic amines) is 2. The van der Waals surface area contributed by atoms with Gasteiger partial charge in [-0.3, -0.25) is 57.7 Å². The molecule has 0 spiro atoms. The van der Waals surface area contributed by atoms with Gasteiger partial charge in [0.2, 0.25) is 65.0 Å². The largest absolute Gasteiger partial charge is 0.508 e. The van der Waals surface area contributed by atoms with E-state index in [9.17, 15) is 63.0 Å². The number of aliphatic hydroxyl groups excluding tert-OH is 1. The Labute approximate surface area is 514 Å². The van der Waals surface area contributed by atoms with Gasteiger partial charge in [0, 0.05) is 62.4 Å². The van der Waals surface area contributed by atoms with Gasteiger partial charge in [-0.1, -0.05) is 74.5 Å². The Morgan fingerprint density at radius 3 is 1.80 bits per heavy atom. The first-order valence-electron chi connectivity index (χ1n) is 29.9. The number of aromatic nitrogens is 1. The molecule has 0 bridgehead atoms. The highest BCUT2D eigenvalue weighted by molar-refractivity contribution is 6.00. The van der Waals surface area contributed by atoms with Crippen LogP contribution < -0.4 is 59.7 Å². The number of aliphatic imine (C=N–C) groups is 1. The predicted octanol–water partition coefficient (Wildman–Crippen LogP) is -2.24. The summed E-state index contributed by atoms with van der Waals surface area (Å²) in [6.45, 7) is 2.55. The number of H-pyrrole nitrogens is 1. The highest BCUT2D eigenvalue weighted by Gasteiger charge is 2.42. The topological polar surface area (TPSA) is 437 Å². The first kappa shape index (κ1) is 66.9. The molecule has 28 heteroatoms. The van der Waals surface area contributed by atoms with Crippen molar-refractivity contribution >= 4 is 81.8 Å². The Morgan fingerprint density at radius 1 is 0.629 bits per heavy atom. The second-order valence-electron chi connectivity index (χ2n) is 23.0. The number of para-hydroxylation sites is 1. The van der Waals surface area contributed by atoms with Crippen molar-refractivity contribution in [1.82, 2.24) is 57.3 Å². The number of nitrogens with zero attached hydrogens (tertiary/aromatic N) is 3.